The maximum atomic E-state index is 12.4. The van der Waals surface area contributed by atoms with Gasteiger partial charge in [0.15, 0.2) is 0 Å². The van der Waals surface area contributed by atoms with Crippen molar-refractivity contribution in [1.82, 2.24) is 4.90 Å². The van der Waals surface area contributed by atoms with E-state index in [1.807, 2.05) is 11.9 Å². The summed E-state index contributed by atoms with van der Waals surface area (Å²) in [4.78, 5) is 14.3. The molecule has 1 aromatic rings. The van der Waals surface area contributed by atoms with Crippen LogP contribution >= 0.6 is 11.6 Å². The first-order chi connectivity index (χ1) is 8.68. The minimum atomic E-state index is 0.110. The Kier molecular flexibility index (Phi) is 4.65. The van der Waals surface area contributed by atoms with Gasteiger partial charge in [0, 0.05) is 23.7 Å². The molecule has 98 valence electrons. The molecule has 0 radical (unpaired) electrons. The number of amides is 1. The monoisotopic (exact) mass is 265 g/mol. The Morgan fingerprint density at radius 2 is 1.67 bits per heavy atom. The molecule has 1 aliphatic rings. The Labute approximate surface area is 114 Å². The highest BCUT2D eigenvalue weighted by atomic mass is 35.5. The zero-order valence-electron chi connectivity index (χ0n) is 10.9. The lowest BCUT2D eigenvalue weighted by atomic mass is 10.1. The van der Waals surface area contributed by atoms with Crippen LogP contribution in [0.15, 0.2) is 24.3 Å². The normalized spacial score (nSPS) is 17.2. The lowest BCUT2D eigenvalue weighted by Gasteiger charge is -2.27. The predicted octanol–water partition coefficient (Wildman–Crippen LogP) is 4.13. The summed E-state index contributed by atoms with van der Waals surface area (Å²) < 4.78 is 0. The summed E-state index contributed by atoms with van der Waals surface area (Å²) in [5.41, 5.74) is 0.728. The molecule has 0 atom stereocenters. The molecule has 2 rings (SSSR count). The van der Waals surface area contributed by atoms with E-state index in [0.29, 0.717) is 11.1 Å². The molecular formula is C15H20ClNO. The maximum absolute atomic E-state index is 12.4. The van der Waals surface area contributed by atoms with Gasteiger partial charge in [0.25, 0.3) is 5.91 Å². The number of halogens is 1. The first kappa shape index (κ1) is 13.4. The van der Waals surface area contributed by atoms with Gasteiger partial charge in [-0.05, 0) is 37.1 Å². The second kappa shape index (κ2) is 6.24. The lowest BCUT2D eigenvalue weighted by molar-refractivity contribution is 0.0717. The van der Waals surface area contributed by atoms with Crippen LogP contribution in [0.3, 0.4) is 0 Å². The van der Waals surface area contributed by atoms with Crippen LogP contribution in [0.25, 0.3) is 0 Å². The molecule has 0 aromatic heterocycles. The first-order valence-corrected chi connectivity index (χ1v) is 7.09. The predicted molar refractivity (Wildman–Crippen MR) is 75.0 cm³/mol. The van der Waals surface area contributed by atoms with E-state index >= 15 is 0 Å². The molecule has 0 N–H and O–H groups in total. The topological polar surface area (TPSA) is 20.3 Å². The van der Waals surface area contributed by atoms with Crippen LogP contribution in [0.1, 0.15) is 48.9 Å². The van der Waals surface area contributed by atoms with Crippen LogP contribution in [-0.4, -0.2) is 23.9 Å². The van der Waals surface area contributed by atoms with Gasteiger partial charge >= 0.3 is 0 Å². The second-order valence-electron chi connectivity index (χ2n) is 5.07. The summed E-state index contributed by atoms with van der Waals surface area (Å²) in [7, 11) is 1.92. The Hall–Kier alpha value is -1.02. The Bertz CT molecular complexity index is 393. The number of benzene rings is 1. The molecule has 0 aliphatic heterocycles. The largest absolute Gasteiger partial charge is 0.339 e. The Morgan fingerprint density at radius 1 is 1.11 bits per heavy atom. The fraction of sp³-hybridized carbons (Fsp3) is 0.533. The van der Waals surface area contributed by atoms with E-state index in [4.69, 9.17) is 11.6 Å². The summed E-state index contributed by atoms with van der Waals surface area (Å²) in [6.45, 7) is 0. The van der Waals surface area contributed by atoms with Crippen molar-refractivity contribution in [2.45, 2.75) is 44.6 Å². The van der Waals surface area contributed by atoms with Crippen molar-refractivity contribution < 1.29 is 4.79 Å². The van der Waals surface area contributed by atoms with E-state index in [1.165, 1.54) is 25.7 Å². The third-order valence-corrected chi connectivity index (χ3v) is 4.04. The van der Waals surface area contributed by atoms with Gasteiger partial charge in [-0.1, -0.05) is 37.3 Å². The van der Waals surface area contributed by atoms with Gasteiger partial charge in [-0.15, -0.1) is 0 Å². The molecule has 1 aliphatic carbocycles. The van der Waals surface area contributed by atoms with Gasteiger partial charge in [-0.3, -0.25) is 4.79 Å². The van der Waals surface area contributed by atoms with Crippen LogP contribution in [0.5, 0.6) is 0 Å². The molecule has 1 saturated carbocycles. The van der Waals surface area contributed by atoms with Gasteiger partial charge in [0.2, 0.25) is 0 Å². The van der Waals surface area contributed by atoms with Gasteiger partial charge < -0.3 is 4.90 Å². The summed E-state index contributed by atoms with van der Waals surface area (Å²) in [5, 5.41) is 0.670. The average Bonchev–Trinajstić information content (AvgIpc) is 2.67. The number of carbonyl (C=O) groups is 1. The van der Waals surface area contributed by atoms with Gasteiger partial charge in [0.1, 0.15) is 0 Å². The van der Waals surface area contributed by atoms with E-state index in [2.05, 4.69) is 0 Å². The molecule has 0 unspecified atom stereocenters. The SMILES string of the molecule is CN(C(=O)c1ccc(Cl)cc1)C1CCCCCC1. The molecule has 1 fully saturated rings. The molecule has 0 bridgehead atoms. The van der Waals surface area contributed by atoms with E-state index in [1.54, 1.807) is 24.3 Å². The Morgan fingerprint density at radius 3 is 2.22 bits per heavy atom. The van der Waals surface area contributed by atoms with Crippen molar-refractivity contribution in [2.75, 3.05) is 7.05 Å². The molecular weight excluding hydrogens is 246 g/mol. The van der Waals surface area contributed by atoms with Crippen molar-refractivity contribution in [3.05, 3.63) is 34.9 Å². The summed E-state index contributed by atoms with van der Waals surface area (Å²) >= 11 is 5.84. The number of carbonyl (C=O) groups excluding carboxylic acids is 1. The van der Waals surface area contributed by atoms with E-state index in [9.17, 15) is 4.79 Å². The molecule has 0 heterocycles. The highest BCUT2D eigenvalue weighted by molar-refractivity contribution is 6.30. The van der Waals surface area contributed by atoms with Crippen LogP contribution in [-0.2, 0) is 0 Å². The van der Waals surface area contributed by atoms with Gasteiger partial charge in [0.05, 0.1) is 0 Å². The summed E-state index contributed by atoms with van der Waals surface area (Å²) in [5.74, 6) is 0.110. The standard InChI is InChI=1S/C15H20ClNO/c1-17(14-6-4-2-3-5-7-14)15(18)12-8-10-13(16)11-9-12/h8-11,14H,2-7H2,1H3. The molecule has 1 aromatic carbocycles. The van der Waals surface area contributed by atoms with Crippen molar-refractivity contribution >= 4 is 17.5 Å². The molecule has 2 nitrogen and oxygen atoms in total. The van der Waals surface area contributed by atoms with E-state index in [-0.39, 0.29) is 5.91 Å². The number of hydrogen-bond donors (Lipinski definition) is 0. The smallest absolute Gasteiger partial charge is 0.253 e. The fourth-order valence-electron chi connectivity index (χ4n) is 2.61. The second-order valence-corrected chi connectivity index (χ2v) is 5.50. The zero-order valence-corrected chi connectivity index (χ0v) is 11.6. The molecule has 3 heteroatoms. The van der Waals surface area contributed by atoms with Gasteiger partial charge in [-0.2, -0.15) is 0 Å². The van der Waals surface area contributed by atoms with Gasteiger partial charge in [-0.25, -0.2) is 0 Å². The third-order valence-electron chi connectivity index (χ3n) is 3.78. The van der Waals surface area contributed by atoms with Crippen molar-refractivity contribution in [3.63, 3.8) is 0 Å². The fourth-order valence-corrected chi connectivity index (χ4v) is 2.73. The lowest BCUT2D eigenvalue weighted by Crippen LogP contribution is -2.36. The zero-order chi connectivity index (χ0) is 13.0. The number of nitrogens with zero attached hydrogens (tertiary/aromatic N) is 1. The van der Waals surface area contributed by atoms with Crippen molar-refractivity contribution in [1.29, 1.82) is 0 Å². The van der Waals surface area contributed by atoms with Crippen LogP contribution in [0, 0.1) is 0 Å². The quantitative estimate of drug-likeness (QED) is 0.736. The summed E-state index contributed by atoms with van der Waals surface area (Å²) in [6.07, 6.45) is 7.36. The van der Waals surface area contributed by atoms with E-state index < -0.39 is 0 Å². The minimum absolute atomic E-state index is 0.110. The highest BCUT2D eigenvalue weighted by Crippen LogP contribution is 2.22. The summed E-state index contributed by atoms with van der Waals surface area (Å²) in [6, 6.07) is 7.55. The maximum Gasteiger partial charge on any atom is 0.253 e. The minimum Gasteiger partial charge on any atom is -0.339 e. The number of hydrogen-bond acceptors (Lipinski definition) is 1. The van der Waals surface area contributed by atoms with E-state index in [0.717, 1.165) is 18.4 Å². The Balaban J connectivity index is 2.05. The molecule has 18 heavy (non-hydrogen) atoms. The third kappa shape index (κ3) is 3.26. The molecule has 0 spiro atoms. The first-order valence-electron chi connectivity index (χ1n) is 6.71. The van der Waals surface area contributed by atoms with Crippen molar-refractivity contribution in [2.24, 2.45) is 0 Å². The van der Waals surface area contributed by atoms with Crippen molar-refractivity contribution in [3.8, 4) is 0 Å². The average molecular weight is 266 g/mol. The molecule has 1 amide bonds. The van der Waals surface area contributed by atoms with Crippen LogP contribution in [0.4, 0.5) is 0 Å². The van der Waals surface area contributed by atoms with Crippen LogP contribution in [0.2, 0.25) is 5.02 Å². The van der Waals surface area contributed by atoms with Crippen LogP contribution < -0.4 is 0 Å². The number of rotatable bonds is 2. The molecule has 0 saturated heterocycles. The highest BCUT2D eigenvalue weighted by Gasteiger charge is 2.21.